The number of rotatable bonds is 3. The molecule has 1 amide bonds. The number of nitrogens with zero attached hydrogens (tertiary/aromatic N) is 1. The molecule has 0 saturated carbocycles. The number of halogens is 1. The van der Waals surface area contributed by atoms with Gasteiger partial charge in [0.25, 0.3) is 5.91 Å². The van der Waals surface area contributed by atoms with Crippen LogP contribution < -0.4 is 5.32 Å². The summed E-state index contributed by atoms with van der Waals surface area (Å²) in [6.07, 6.45) is 0. The first-order valence-corrected chi connectivity index (χ1v) is 7.93. The Morgan fingerprint density at radius 1 is 1.18 bits per heavy atom. The molecule has 0 aliphatic carbocycles. The van der Waals surface area contributed by atoms with Crippen LogP contribution in [0.15, 0.2) is 53.0 Å². The Bertz CT molecular complexity index is 851. The Hall–Kier alpha value is -2.07. The summed E-state index contributed by atoms with van der Waals surface area (Å²) in [4.78, 5) is 12.2. The summed E-state index contributed by atoms with van der Waals surface area (Å²) in [5.74, 6) is -0.0724. The molecule has 0 fully saturated rings. The summed E-state index contributed by atoms with van der Waals surface area (Å²) >= 11 is 3.40. The Kier molecular flexibility index (Phi) is 4.03. The third-order valence-electron chi connectivity index (χ3n) is 3.92. The van der Waals surface area contributed by atoms with Gasteiger partial charge in [-0.25, -0.2) is 0 Å². The molecule has 0 radical (unpaired) electrons. The first kappa shape index (κ1) is 14.9. The summed E-state index contributed by atoms with van der Waals surface area (Å²) < 4.78 is 2.97. The highest BCUT2D eigenvalue weighted by atomic mass is 79.9. The van der Waals surface area contributed by atoms with Crippen LogP contribution in [-0.4, -0.2) is 10.5 Å². The van der Waals surface area contributed by atoms with E-state index in [-0.39, 0.29) is 5.91 Å². The highest BCUT2D eigenvalue weighted by molar-refractivity contribution is 9.10. The summed E-state index contributed by atoms with van der Waals surface area (Å²) in [5.41, 5.74) is 4.18. The maximum absolute atomic E-state index is 12.2. The average Bonchev–Trinajstić information content (AvgIpc) is 2.80. The molecule has 0 spiro atoms. The molecule has 0 bridgehead atoms. The zero-order chi connectivity index (χ0) is 15.7. The van der Waals surface area contributed by atoms with Crippen LogP contribution in [0.2, 0.25) is 0 Å². The van der Waals surface area contributed by atoms with E-state index in [1.807, 2.05) is 24.3 Å². The molecule has 2 aromatic carbocycles. The largest absolute Gasteiger partial charge is 0.348 e. The minimum absolute atomic E-state index is 0.0724. The number of benzene rings is 2. The summed E-state index contributed by atoms with van der Waals surface area (Å²) in [6, 6.07) is 15.9. The average molecular weight is 357 g/mol. The fourth-order valence-corrected chi connectivity index (χ4v) is 3.03. The molecular formula is C18H17BrN2O. The Labute approximate surface area is 138 Å². The van der Waals surface area contributed by atoms with Crippen molar-refractivity contribution in [1.29, 1.82) is 0 Å². The Morgan fingerprint density at radius 2 is 1.95 bits per heavy atom. The van der Waals surface area contributed by atoms with Crippen molar-refractivity contribution in [2.45, 2.75) is 13.5 Å². The van der Waals surface area contributed by atoms with Gasteiger partial charge in [-0.3, -0.25) is 4.79 Å². The van der Waals surface area contributed by atoms with Gasteiger partial charge in [-0.1, -0.05) is 18.2 Å². The number of amides is 1. The van der Waals surface area contributed by atoms with Gasteiger partial charge in [0.2, 0.25) is 0 Å². The number of hydrogen-bond donors (Lipinski definition) is 1. The van der Waals surface area contributed by atoms with E-state index in [0.29, 0.717) is 12.1 Å². The standard InChI is InChI=1S/C18H17BrN2O/c1-12-9-14-10-13(7-8-17(14)21(12)2)11-20-18(22)15-5-3-4-6-16(15)19/h3-10H,11H2,1-2H3,(H,20,22). The fraction of sp³-hybridized carbons (Fsp3) is 0.167. The summed E-state index contributed by atoms with van der Waals surface area (Å²) in [5, 5.41) is 4.17. The molecule has 1 aromatic heterocycles. The second-order valence-electron chi connectivity index (χ2n) is 5.40. The molecule has 4 heteroatoms. The fourth-order valence-electron chi connectivity index (χ4n) is 2.57. The highest BCUT2D eigenvalue weighted by Crippen LogP contribution is 2.20. The van der Waals surface area contributed by atoms with Gasteiger partial charge in [0.05, 0.1) is 5.56 Å². The van der Waals surface area contributed by atoms with Crippen molar-refractivity contribution in [3.8, 4) is 0 Å². The predicted molar refractivity (Wildman–Crippen MR) is 93.0 cm³/mol. The number of fused-ring (bicyclic) bond motifs is 1. The SMILES string of the molecule is Cc1cc2cc(CNC(=O)c3ccccc3Br)ccc2n1C. The lowest BCUT2D eigenvalue weighted by Gasteiger charge is -2.07. The van der Waals surface area contributed by atoms with Crippen molar-refractivity contribution in [3.63, 3.8) is 0 Å². The zero-order valence-electron chi connectivity index (χ0n) is 12.6. The quantitative estimate of drug-likeness (QED) is 0.750. The second-order valence-corrected chi connectivity index (χ2v) is 6.25. The minimum Gasteiger partial charge on any atom is -0.348 e. The zero-order valence-corrected chi connectivity index (χ0v) is 14.1. The van der Waals surface area contributed by atoms with Gasteiger partial charge in [-0.2, -0.15) is 0 Å². The molecule has 0 saturated heterocycles. The number of aromatic nitrogens is 1. The van der Waals surface area contributed by atoms with Gasteiger partial charge in [0.1, 0.15) is 0 Å². The first-order chi connectivity index (χ1) is 10.6. The number of hydrogen-bond acceptors (Lipinski definition) is 1. The van der Waals surface area contributed by atoms with E-state index in [2.05, 4.69) is 64.1 Å². The first-order valence-electron chi connectivity index (χ1n) is 7.14. The van der Waals surface area contributed by atoms with Gasteiger partial charge in [0, 0.05) is 34.7 Å². The molecule has 0 aliphatic rings. The molecule has 3 rings (SSSR count). The monoisotopic (exact) mass is 356 g/mol. The summed E-state index contributed by atoms with van der Waals surface area (Å²) in [6.45, 7) is 2.61. The van der Waals surface area contributed by atoms with Gasteiger partial charge in [0.15, 0.2) is 0 Å². The van der Waals surface area contributed by atoms with Gasteiger partial charge in [-0.15, -0.1) is 0 Å². The summed E-state index contributed by atoms with van der Waals surface area (Å²) in [7, 11) is 2.06. The van der Waals surface area contributed by atoms with E-state index >= 15 is 0 Å². The molecule has 1 N–H and O–H groups in total. The lowest BCUT2D eigenvalue weighted by molar-refractivity contribution is 0.0950. The molecule has 112 valence electrons. The van der Waals surface area contributed by atoms with Crippen molar-refractivity contribution in [2.75, 3.05) is 0 Å². The van der Waals surface area contributed by atoms with Gasteiger partial charge >= 0.3 is 0 Å². The van der Waals surface area contributed by atoms with Crippen LogP contribution in [-0.2, 0) is 13.6 Å². The van der Waals surface area contributed by atoms with Crippen molar-refractivity contribution >= 4 is 32.7 Å². The van der Waals surface area contributed by atoms with Gasteiger partial charge < -0.3 is 9.88 Å². The van der Waals surface area contributed by atoms with Crippen LogP contribution in [0, 0.1) is 6.92 Å². The lowest BCUT2D eigenvalue weighted by Crippen LogP contribution is -2.23. The third-order valence-corrected chi connectivity index (χ3v) is 4.61. The van der Waals surface area contributed by atoms with E-state index in [0.717, 1.165) is 10.0 Å². The van der Waals surface area contributed by atoms with E-state index in [1.54, 1.807) is 0 Å². The van der Waals surface area contributed by atoms with E-state index in [4.69, 9.17) is 0 Å². The van der Waals surface area contributed by atoms with Crippen LogP contribution in [0.4, 0.5) is 0 Å². The molecule has 3 nitrogen and oxygen atoms in total. The minimum atomic E-state index is -0.0724. The van der Waals surface area contributed by atoms with Crippen LogP contribution in [0.1, 0.15) is 21.6 Å². The number of aryl methyl sites for hydroxylation is 2. The van der Waals surface area contributed by atoms with E-state index in [9.17, 15) is 4.79 Å². The van der Waals surface area contributed by atoms with Crippen molar-refractivity contribution in [3.05, 3.63) is 69.8 Å². The Morgan fingerprint density at radius 3 is 2.73 bits per heavy atom. The molecule has 22 heavy (non-hydrogen) atoms. The number of carbonyl (C=O) groups is 1. The van der Waals surface area contributed by atoms with Crippen molar-refractivity contribution < 1.29 is 4.79 Å². The molecule has 0 aliphatic heterocycles. The normalized spacial score (nSPS) is 10.9. The van der Waals surface area contributed by atoms with Crippen molar-refractivity contribution in [2.24, 2.45) is 7.05 Å². The third kappa shape index (κ3) is 2.79. The highest BCUT2D eigenvalue weighted by Gasteiger charge is 2.09. The smallest absolute Gasteiger partial charge is 0.252 e. The second kappa shape index (κ2) is 5.97. The van der Waals surface area contributed by atoms with Crippen molar-refractivity contribution in [1.82, 2.24) is 9.88 Å². The molecule has 0 atom stereocenters. The molecule has 0 unspecified atom stereocenters. The number of carbonyl (C=O) groups excluding carboxylic acids is 1. The van der Waals surface area contributed by atoms with Crippen LogP contribution in [0.25, 0.3) is 10.9 Å². The van der Waals surface area contributed by atoms with E-state index < -0.39 is 0 Å². The lowest BCUT2D eigenvalue weighted by atomic mass is 10.1. The topological polar surface area (TPSA) is 34.0 Å². The van der Waals surface area contributed by atoms with E-state index in [1.165, 1.54) is 16.6 Å². The maximum atomic E-state index is 12.2. The van der Waals surface area contributed by atoms with Crippen LogP contribution >= 0.6 is 15.9 Å². The molecule has 3 aromatic rings. The Balaban J connectivity index is 1.76. The molecule has 1 heterocycles. The van der Waals surface area contributed by atoms with Crippen LogP contribution in [0.5, 0.6) is 0 Å². The number of nitrogens with one attached hydrogen (secondary N) is 1. The molecular weight excluding hydrogens is 340 g/mol. The van der Waals surface area contributed by atoms with Gasteiger partial charge in [-0.05, 0) is 58.7 Å². The predicted octanol–water partition coefficient (Wildman–Crippen LogP) is 4.18. The van der Waals surface area contributed by atoms with Crippen LogP contribution in [0.3, 0.4) is 0 Å². The maximum Gasteiger partial charge on any atom is 0.252 e.